The summed E-state index contributed by atoms with van der Waals surface area (Å²) in [5, 5.41) is 0. The second kappa shape index (κ2) is 6.03. The minimum atomic E-state index is -0.263. The molecule has 1 aliphatic heterocycles. The molecule has 2 rings (SSSR count). The molecule has 1 aromatic carbocycles. The van der Waals surface area contributed by atoms with Gasteiger partial charge in [0.15, 0.2) is 11.5 Å². The lowest BCUT2D eigenvalue weighted by Crippen LogP contribution is -2.37. The van der Waals surface area contributed by atoms with Crippen LogP contribution in [-0.4, -0.2) is 37.9 Å². The van der Waals surface area contributed by atoms with E-state index in [1.807, 2.05) is 26.0 Å². The van der Waals surface area contributed by atoms with Crippen LogP contribution in [0.5, 0.6) is 11.5 Å². The molecule has 0 spiro atoms. The number of carbonyl (C=O) groups excluding carboxylic acids is 1. The van der Waals surface area contributed by atoms with Gasteiger partial charge in [0.25, 0.3) is 0 Å². The smallest absolute Gasteiger partial charge is 0.410 e. The van der Waals surface area contributed by atoms with Gasteiger partial charge in [-0.3, -0.25) is 0 Å². The number of carbonyl (C=O) groups is 1. The normalized spacial score (nSPS) is 13.9. The van der Waals surface area contributed by atoms with Gasteiger partial charge in [-0.2, -0.15) is 0 Å². The second-order valence-electron chi connectivity index (χ2n) is 5.08. The van der Waals surface area contributed by atoms with Gasteiger partial charge in [-0.15, -0.1) is 0 Å². The van der Waals surface area contributed by atoms with Crippen LogP contribution in [0.25, 0.3) is 0 Å². The summed E-state index contributed by atoms with van der Waals surface area (Å²) < 4.78 is 15.8. The van der Waals surface area contributed by atoms with Crippen LogP contribution in [0.4, 0.5) is 4.79 Å². The minimum Gasteiger partial charge on any atom is -0.493 e. The molecule has 1 aliphatic rings. The number of ether oxygens (including phenoxy) is 3. The molecule has 1 amide bonds. The van der Waals surface area contributed by atoms with E-state index in [4.69, 9.17) is 14.2 Å². The highest BCUT2D eigenvalue weighted by molar-refractivity contribution is 5.68. The van der Waals surface area contributed by atoms with Gasteiger partial charge in [-0.1, -0.05) is 0 Å². The zero-order valence-electron chi connectivity index (χ0n) is 12.4. The maximum absolute atomic E-state index is 11.9. The monoisotopic (exact) mass is 279 g/mol. The van der Waals surface area contributed by atoms with Crippen LogP contribution in [0.3, 0.4) is 0 Å². The predicted molar refractivity (Wildman–Crippen MR) is 75.3 cm³/mol. The van der Waals surface area contributed by atoms with Crippen molar-refractivity contribution in [1.29, 1.82) is 0 Å². The fraction of sp³-hybridized carbons (Fsp3) is 0.533. The zero-order chi connectivity index (χ0) is 14.7. The van der Waals surface area contributed by atoms with Gasteiger partial charge < -0.3 is 19.1 Å². The average molecular weight is 279 g/mol. The van der Waals surface area contributed by atoms with Crippen molar-refractivity contribution < 1.29 is 19.0 Å². The van der Waals surface area contributed by atoms with Crippen LogP contribution in [0.2, 0.25) is 0 Å². The lowest BCUT2D eigenvalue weighted by molar-refractivity contribution is 0.0729. The number of benzene rings is 1. The van der Waals surface area contributed by atoms with E-state index in [1.54, 1.807) is 19.1 Å². The summed E-state index contributed by atoms with van der Waals surface area (Å²) in [6.45, 7) is 4.91. The number of rotatable bonds is 3. The molecule has 1 aromatic rings. The van der Waals surface area contributed by atoms with Crippen molar-refractivity contribution in [2.75, 3.05) is 20.8 Å². The third-order valence-corrected chi connectivity index (χ3v) is 3.31. The van der Waals surface area contributed by atoms with Crippen LogP contribution in [0.1, 0.15) is 25.0 Å². The summed E-state index contributed by atoms with van der Waals surface area (Å²) in [4.78, 5) is 13.7. The van der Waals surface area contributed by atoms with E-state index < -0.39 is 0 Å². The number of amides is 1. The molecule has 0 fully saturated rings. The van der Waals surface area contributed by atoms with Crippen LogP contribution in [0, 0.1) is 0 Å². The van der Waals surface area contributed by atoms with E-state index in [-0.39, 0.29) is 12.2 Å². The molecule has 0 saturated carbocycles. The van der Waals surface area contributed by atoms with Gasteiger partial charge in [0.05, 0.1) is 20.3 Å². The van der Waals surface area contributed by atoms with Crippen molar-refractivity contribution in [1.82, 2.24) is 4.90 Å². The van der Waals surface area contributed by atoms with Crippen LogP contribution in [-0.2, 0) is 17.7 Å². The van der Waals surface area contributed by atoms with Crippen molar-refractivity contribution >= 4 is 6.09 Å². The quantitative estimate of drug-likeness (QED) is 0.853. The molecular formula is C15H21NO4. The SMILES string of the molecule is COc1cc2c(cc1OC)CN(C(=O)OC(C)C)CC2. The lowest BCUT2D eigenvalue weighted by Gasteiger charge is -2.29. The fourth-order valence-electron chi connectivity index (χ4n) is 2.32. The Hall–Kier alpha value is -1.91. The molecule has 0 unspecified atom stereocenters. The number of fused-ring (bicyclic) bond motifs is 1. The number of hydrogen-bond donors (Lipinski definition) is 0. The largest absolute Gasteiger partial charge is 0.493 e. The van der Waals surface area contributed by atoms with Crippen LogP contribution < -0.4 is 9.47 Å². The Morgan fingerprint density at radius 3 is 2.30 bits per heavy atom. The van der Waals surface area contributed by atoms with Gasteiger partial charge in [0, 0.05) is 13.1 Å². The Labute approximate surface area is 119 Å². The summed E-state index contributed by atoms with van der Waals surface area (Å²) in [7, 11) is 3.23. The van der Waals surface area contributed by atoms with E-state index in [9.17, 15) is 4.79 Å². The molecular weight excluding hydrogens is 258 g/mol. The third kappa shape index (κ3) is 2.98. The highest BCUT2D eigenvalue weighted by Gasteiger charge is 2.24. The third-order valence-electron chi connectivity index (χ3n) is 3.31. The van der Waals surface area contributed by atoms with E-state index in [0.717, 1.165) is 17.7 Å². The van der Waals surface area contributed by atoms with Gasteiger partial charge in [-0.05, 0) is 43.5 Å². The number of hydrogen-bond acceptors (Lipinski definition) is 4. The summed E-state index contributed by atoms with van der Waals surface area (Å²) in [5.74, 6) is 1.41. The van der Waals surface area contributed by atoms with Crippen molar-refractivity contribution in [3.05, 3.63) is 23.3 Å². The van der Waals surface area contributed by atoms with Crippen molar-refractivity contribution in [2.24, 2.45) is 0 Å². The topological polar surface area (TPSA) is 48.0 Å². The van der Waals surface area contributed by atoms with Crippen molar-refractivity contribution in [3.8, 4) is 11.5 Å². The van der Waals surface area contributed by atoms with E-state index >= 15 is 0 Å². The molecule has 0 N–H and O–H groups in total. The van der Waals surface area contributed by atoms with Gasteiger partial charge in [0.1, 0.15) is 0 Å². The predicted octanol–water partition coefficient (Wildman–Crippen LogP) is 2.61. The Morgan fingerprint density at radius 1 is 1.15 bits per heavy atom. The second-order valence-corrected chi connectivity index (χ2v) is 5.08. The highest BCUT2D eigenvalue weighted by atomic mass is 16.6. The number of nitrogens with zero attached hydrogens (tertiary/aromatic N) is 1. The van der Waals surface area contributed by atoms with Gasteiger partial charge >= 0.3 is 6.09 Å². The Bertz CT molecular complexity index is 499. The molecule has 0 radical (unpaired) electrons. The average Bonchev–Trinajstić information content (AvgIpc) is 2.44. The fourth-order valence-corrected chi connectivity index (χ4v) is 2.32. The number of methoxy groups -OCH3 is 2. The minimum absolute atomic E-state index is 0.102. The van der Waals surface area contributed by atoms with E-state index in [2.05, 4.69) is 0 Å². The maximum atomic E-state index is 11.9. The first-order chi connectivity index (χ1) is 9.55. The van der Waals surface area contributed by atoms with Crippen LogP contribution >= 0.6 is 0 Å². The lowest BCUT2D eigenvalue weighted by atomic mass is 9.99. The van der Waals surface area contributed by atoms with E-state index in [1.165, 1.54) is 5.56 Å². The molecule has 0 aromatic heterocycles. The highest BCUT2D eigenvalue weighted by Crippen LogP contribution is 2.33. The first kappa shape index (κ1) is 14.5. The van der Waals surface area contributed by atoms with Gasteiger partial charge in [0.2, 0.25) is 0 Å². The molecule has 0 bridgehead atoms. The van der Waals surface area contributed by atoms with Crippen molar-refractivity contribution in [3.63, 3.8) is 0 Å². The molecule has 5 heteroatoms. The molecule has 0 atom stereocenters. The van der Waals surface area contributed by atoms with Crippen molar-refractivity contribution in [2.45, 2.75) is 32.9 Å². The maximum Gasteiger partial charge on any atom is 0.410 e. The molecule has 5 nitrogen and oxygen atoms in total. The van der Waals surface area contributed by atoms with Gasteiger partial charge in [-0.25, -0.2) is 4.79 Å². The Kier molecular flexibility index (Phi) is 4.37. The Balaban J connectivity index is 2.19. The molecule has 0 saturated heterocycles. The molecule has 20 heavy (non-hydrogen) atoms. The first-order valence-electron chi connectivity index (χ1n) is 6.74. The van der Waals surface area contributed by atoms with E-state index in [0.29, 0.717) is 18.8 Å². The summed E-state index contributed by atoms with van der Waals surface area (Å²) in [6, 6.07) is 3.92. The zero-order valence-corrected chi connectivity index (χ0v) is 12.4. The summed E-state index contributed by atoms with van der Waals surface area (Å²) in [5.41, 5.74) is 2.27. The standard InChI is InChI=1S/C15H21NO4/c1-10(2)20-15(17)16-6-5-11-7-13(18-3)14(19-4)8-12(11)9-16/h7-8,10H,5-6,9H2,1-4H3. The summed E-state index contributed by atoms with van der Waals surface area (Å²) >= 11 is 0. The van der Waals surface area contributed by atoms with Crippen LogP contribution in [0.15, 0.2) is 12.1 Å². The molecule has 1 heterocycles. The molecule has 0 aliphatic carbocycles. The Morgan fingerprint density at radius 2 is 1.75 bits per heavy atom. The summed E-state index contributed by atoms with van der Waals surface area (Å²) in [6.07, 6.45) is 0.429. The molecule has 110 valence electrons. The first-order valence-corrected chi connectivity index (χ1v) is 6.74.